The van der Waals surface area contributed by atoms with Gasteiger partial charge in [0.25, 0.3) is 0 Å². The van der Waals surface area contributed by atoms with Crippen molar-refractivity contribution in [2.24, 2.45) is 0 Å². The van der Waals surface area contributed by atoms with Crippen molar-refractivity contribution < 1.29 is 9.15 Å². The third-order valence-corrected chi connectivity index (χ3v) is 5.45. The van der Waals surface area contributed by atoms with Crippen LogP contribution in [0.25, 0.3) is 22.3 Å². The highest BCUT2D eigenvalue weighted by molar-refractivity contribution is 6.35. The van der Waals surface area contributed by atoms with Crippen molar-refractivity contribution in [3.63, 3.8) is 0 Å². The van der Waals surface area contributed by atoms with Gasteiger partial charge in [0.15, 0.2) is 5.76 Å². The summed E-state index contributed by atoms with van der Waals surface area (Å²) in [6.07, 6.45) is 0. The van der Waals surface area contributed by atoms with Gasteiger partial charge < -0.3 is 9.15 Å². The molecule has 3 nitrogen and oxygen atoms in total. The van der Waals surface area contributed by atoms with E-state index in [4.69, 9.17) is 32.4 Å². The molecule has 0 unspecified atom stereocenters. The smallest absolute Gasteiger partial charge is 0.235 e. The van der Waals surface area contributed by atoms with Crippen LogP contribution in [0.2, 0.25) is 10.0 Å². The van der Waals surface area contributed by atoms with E-state index in [9.17, 15) is 4.79 Å². The Balaban J connectivity index is 1.87. The van der Waals surface area contributed by atoms with Gasteiger partial charge in [0.2, 0.25) is 11.2 Å². The maximum Gasteiger partial charge on any atom is 0.235 e. The van der Waals surface area contributed by atoms with Gasteiger partial charge in [-0.1, -0.05) is 65.2 Å². The number of hydrogen-bond acceptors (Lipinski definition) is 3. The van der Waals surface area contributed by atoms with E-state index < -0.39 is 0 Å². The lowest BCUT2D eigenvalue weighted by Gasteiger charge is -2.13. The van der Waals surface area contributed by atoms with Crippen LogP contribution in [0.1, 0.15) is 16.7 Å². The average Bonchev–Trinajstić information content (AvgIpc) is 2.69. The highest BCUT2D eigenvalue weighted by atomic mass is 35.5. The van der Waals surface area contributed by atoms with Crippen LogP contribution < -0.4 is 10.2 Å². The monoisotopic (exact) mass is 424 g/mol. The molecule has 0 N–H and O–H groups in total. The summed E-state index contributed by atoms with van der Waals surface area (Å²) in [4.78, 5) is 13.2. The number of rotatable bonds is 4. The van der Waals surface area contributed by atoms with E-state index in [1.165, 1.54) is 0 Å². The minimum atomic E-state index is -0.231. The molecule has 5 heteroatoms. The first kappa shape index (κ1) is 19.6. The van der Waals surface area contributed by atoms with E-state index in [2.05, 4.69) is 0 Å². The zero-order valence-corrected chi connectivity index (χ0v) is 17.5. The number of benzene rings is 3. The average molecular weight is 425 g/mol. The van der Waals surface area contributed by atoms with Crippen LogP contribution in [0.5, 0.6) is 5.75 Å². The van der Waals surface area contributed by atoms with Crippen LogP contribution in [-0.2, 0) is 6.61 Å². The normalized spacial score (nSPS) is 11.0. The lowest BCUT2D eigenvalue weighted by atomic mass is 10.1. The van der Waals surface area contributed by atoms with Crippen LogP contribution in [-0.4, -0.2) is 0 Å². The molecule has 0 saturated carbocycles. The molecule has 0 aliphatic carbocycles. The molecule has 0 bridgehead atoms. The van der Waals surface area contributed by atoms with Gasteiger partial charge in [-0.25, -0.2) is 0 Å². The summed E-state index contributed by atoms with van der Waals surface area (Å²) < 4.78 is 12.1. The third kappa shape index (κ3) is 3.89. The summed E-state index contributed by atoms with van der Waals surface area (Å²) in [5, 5.41) is 1.43. The van der Waals surface area contributed by atoms with E-state index in [0.29, 0.717) is 32.3 Å². The lowest BCUT2D eigenvalue weighted by Crippen LogP contribution is -2.11. The zero-order valence-electron chi connectivity index (χ0n) is 16.0. The van der Waals surface area contributed by atoms with E-state index in [1.807, 2.05) is 50.2 Å². The van der Waals surface area contributed by atoms with Gasteiger partial charge in [-0.15, -0.1) is 0 Å². The molecule has 1 aromatic heterocycles. The fraction of sp³-hybridized carbons (Fsp3) is 0.125. The van der Waals surface area contributed by atoms with Crippen molar-refractivity contribution >= 4 is 34.2 Å². The van der Waals surface area contributed by atoms with Gasteiger partial charge in [0.1, 0.15) is 12.2 Å². The molecule has 4 aromatic rings. The Hall–Kier alpha value is -2.75. The summed E-state index contributed by atoms with van der Waals surface area (Å²) in [6.45, 7) is 4.01. The first-order valence-corrected chi connectivity index (χ1v) is 9.90. The fourth-order valence-corrected chi connectivity index (χ4v) is 3.63. The standard InChI is InChI=1S/C24H18Cl2O3/c1-14-6-9-16(10-7-14)23-24(28-13-18-19(25)4-3-5-20(18)26)22(27)17-11-8-15(2)12-21(17)29-23/h3-12H,13H2,1-2H3. The SMILES string of the molecule is Cc1ccc(-c2oc3cc(C)ccc3c(=O)c2OCc2c(Cl)cccc2Cl)cc1. The molecule has 0 spiro atoms. The van der Waals surface area contributed by atoms with Gasteiger partial charge in [-0.2, -0.15) is 0 Å². The predicted octanol–water partition coefficient (Wildman–Crippen LogP) is 6.96. The summed E-state index contributed by atoms with van der Waals surface area (Å²) in [5.74, 6) is 0.525. The third-order valence-electron chi connectivity index (χ3n) is 4.74. The summed E-state index contributed by atoms with van der Waals surface area (Å²) in [6, 6.07) is 18.5. The van der Waals surface area contributed by atoms with Crippen molar-refractivity contribution in [2.45, 2.75) is 20.5 Å². The predicted molar refractivity (Wildman–Crippen MR) is 118 cm³/mol. The molecule has 0 aliphatic heterocycles. The Morgan fingerprint density at radius 1 is 0.897 bits per heavy atom. The van der Waals surface area contributed by atoms with Crippen molar-refractivity contribution in [3.05, 3.63) is 97.6 Å². The highest BCUT2D eigenvalue weighted by Crippen LogP contribution is 2.33. The Morgan fingerprint density at radius 2 is 1.55 bits per heavy atom. The second kappa shape index (κ2) is 7.94. The number of ether oxygens (including phenoxy) is 1. The minimum Gasteiger partial charge on any atom is -0.481 e. The van der Waals surface area contributed by atoms with Crippen molar-refractivity contribution in [1.29, 1.82) is 0 Å². The summed E-state index contributed by atoms with van der Waals surface area (Å²) in [5.41, 5.74) is 3.79. The second-order valence-corrected chi connectivity index (χ2v) is 7.76. The molecule has 3 aromatic carbocycles. The van der Waals surface area contributed by atoms with E-state index >= 15 is 0 Å². The number of fused-ring (bicyclic) bond motifs is 1. The second-order valence-electron chi connectivity index (χ2n) is 6.94. The quantitative estimate of drug-likeness (QED) is 0.355. The molecule has 29 heavy (non-hydrogen) atoms. The molecule has 0 aliphatic rings. The van der Waals surface area contributed by atoms with Crippen LogP contribution in [0, 0.1) is 13.8 Å². The van der Waals surface area contributed by atoms with Crippen molar-refractivity contribution in [1.82, 2.24) is 0 Å². The molecule has 0 atom stereocenters. The Labute approximate surface area is 178 Å². The van der Waals surface area contributed by atoms with Gasteiger partial charge in [0, 0.05) is 21.2 Å². The Morgan fingerprint density at radius 3 is 2.24 bits per heavy atom. The largest absolute Gasteiger partial charge is 0.481 e. The number of halogens is 2. The zero-order chi connectivity index (χ0) is 20.5. The van der Waals surface area contributed by atoms with Gasteiger partial charge in [-0.05, 0) is 43.7 Å². The first-order valence-electron chi connectivity index (χ1n) is 9.14. The molecule has 146 valence electrons. The maximum atomic E-state index is 13.2. The minimum absolute atomic E-state index is 0.0551. The van der Waals surface area contributed by atoms with Gasteiger partial charge in [-0.3, -0.25) is 4.79 Å². The highest BCUT2D eigenvalue weighted by Gasteiger charge is 2.19. The molecule has 1 heterocycles. The fourth-order valence-electron chi connectivity index (χ4n) is 3.12. The molecule has 0 radical (unpaired) electrons. The molecular weight excluding hydrogens is 407 g/mol. The number of aryl methyl sites for hydroxylation is 2. The van der Waals surface area contributed by atoms with E-state index in [0.717, 1.165) is 16.7 Å². The summed E-state index contributed by atoms with van der Waals surface area (Å²) >= 11 is 12.5. The Kier molecular flexibility index (Phi) is 5.35. The molecule has 0 amide bonds. The van der Waals surface area contributed by atoms with E-state index in [-0.39, 0.29) is 17.8 Å². The van der Waals surface area contributed by atoms with Crippen LogP contribution in [0.3, 0.4) is 0 Å². The molecular formula is C24H18Cl2O3. The molecule has 0 fully saturated rings. The van der Waals surface area contributed by atoms with Crippen LogP contribution in [0.4, 0.5) is 0 Å². The summed E-state index contributed by atoms with van der Waals surface area (Å²) in [7, 11) is 0. The first-order chi connectivity index (χ1) is 13.9. The Bertz CT molecular complexity index is 1240. The molecule has 0 saturated heterocycles. The van der Waals surface area contributed by atoms with Crippen LogP contribution in [0.15, 0.2) is 69.9 Å². The van der Waals surface area contributed by atoms with E-state index in [1.54, 1.807) is 24.3 Å². The number of hydrogen-bond donors (Lipinski definition) is 0. The van der Waals surface area contributed by atoms with Crippen LogP contribution >= 0.6 is 23.2 Å². The van der Waals surface area contributed by atoms with Crippen molar-refractivity contribution in [3.8, 4) is 17.1 Å². The van der Waals surface area contributed by atoms with Gasteiger partial charge >= 0.3 is 0 Å². The molecule has 4 rings (SSSR count). The maximum absolute atomic E-state index is 13.2. The lowest BCUT2D eigenvalue weighted by molar-refractivity contribution is 0.298. The van der Waals surface area contributed by atoms with Gasteiger partial charge in [0.05, 0.1) is 5.39 Å². The topological polar surface area (TPSA) is 39.4 Å². The van der Waals surface area contributed by atoms with Crippen molar-refractivity contribution in [2.75, 3.05) is 0 Å².